The molecule has 0 saturated heterocycles. The maximum Gasteiger partial charge on any atom is 0.0725 e. The third kappa shape index (κ3) is 2.32. The molecule has 8 rings (SSSR count). The van der Waals surface area contributed by atoms with Crippen LogP contribution in [0.2, 0.25) is 0 Å². The maximum absolute atomic E-state index is 2.45. The summed E-state index contributed by atoms with van der Waals surface area (Å²) in [4.78, 5) is 0. The highest BCUT2D eigenvalue weighted by Crippen LogP contribution is 2.63. The van der Waals surface area contributed by atoms with Crippen molar-refractivity contribution < 1.29 is 0 Å². The van der Waals surface area contributed by atoms with E-state index in [1.54, 1.807) is 0 Å². The summed E-state index contributed by atoms with van der Waals surface area (Å²) in [5, 5.41) is 2.63. The lowest BCUT2D eigenvalue weighted by Gasteiger charge is -2.30. The highest BCUT2D eigenvalue weighted by Gasteiger charge is 2.51. The Morgan fingerprint density at radius 1 is 0.371 bits per heavy atom. The van der Waals surface area contributed by atoms with Gasteiger partial charge in [0.25, 0.3) is 0 Å². The van der Waals surface area contributed by atoms with E-state index in [2.05, 4.69) is 133 Å². The fraction of sp³-hybridized carbons (Fsp3) is 0.0286. The van der Waals surface area contributed by atoms with Crippen LogP contribution in [-0.2, 0) is 5.41 Å². The minimum Gasteiger partial charge on any atom is -0.0622 e. The minimum atomic E-state index is -0.313. The minimum absolute atomic E-state index is 0.313. The molecule has 0 aromatic heterocycles. The second-order valence-electron chi connectivity index (χ2n) is 9.68. The van der Waals surface area contributed by atoms with Gasteiger partial charge in [0.05, 0.1) is 5.41 Å². The average molecular weight is 443 g/mol. The molecular weight excluding hydrogens is 420 g/mol. The summed E-state index contributed by atoms with van der Waals surface area (Å²) in [5.74, 6) is 0. The molecule has 1 atom stereocenters. The van der Waals surface area contributed by atoms with Crippen molar-refractivity contribution in [2.24, 2.45) is 0 Å². The van der Waals surface area contributed by atoms with Gasteiger partial charge in [-0.1, -0.05) is 127 Å². The molecule has 6 aromatic carbocycles. The molecule has 1 unspecified atom stereocenters. The molecule has 0 heterocycles. The van der Waals surface area contributed by atoms with Gasteiger partial charge in [-0.3, -0.25) is 0 Å². The van der Waals surface area contributed by atoms with Crippen LogP contribution in [0.3, 0.4) is 0 Å². The topological polar surface area (TPSA) is 0 Å². The van der Waals surface area contributed by atoms with Crippen LogP contribution in [0.5, 0.6) is 0 Å². The molecule has 0 saturated carbocycles. The molecule has 0 heteroatoms. The first-order valence-electron chi connectivity index (χ1n) is 12.3. The Bertz CT molecular complexity index is 1790. The third-order valence-electron chi connectivity index (χ3n) is 8.09. The zero-order valence-electron chi connectivity index (χ0n) is 19.2. The number of hydrogen-bond donors (Lipinski definition) is 0. The molecule has 0 N–H and O–H groups in total. The van der Waals surface area contributed by atoms with Crippen LogP contribution in [-0.4, -0.2) is 0 Å². The Morgan fingerprint density at radius 2 is 1.03 bits per heavy atom. The molecule has 162 valence electrons. The summed E-state index contributed by atoms with van der Waals surface area (Å²) in [6.07, 6.45) is 0. The summed E-state index contributed by atoms with van der Waals surface area (Å²) < 4.78 is 0. The molecule has 0 nitrogen and oxygen atoms in total. The first-order chi connectivity index (χ1) is 17.4. The SMILES string of the molecule is c1ccc(-c2ccc3c(c2)C2(c4ccccc4-3)c3ccccc3-c3c2ccc2ccccc32)cc1. The fourth-order valence-corrected chi connectivity index (χ4v) is 6.72. The molecule has 6 aromatic rings. The van der Waals surface area contributed by atoms with E-state index in [0.717, 1.165) is 0 Å². The van der Waals surface area contributed by atoms with Crippen molar-refractivity contribution in [3.63, 3.8) is 0 Å². The van der Waals surface area contributed by atoms with Crippen molar-refractivity contribution in [3.05, 3.63) is 156 Å². The highest BCUT2D eigenvalue weighted by molar-refractivity contribution is 6.06. The van der Waals surface area contributed by atoms with E-state index in [1.807, 2.05) is 0 Å². The van der Waals surface area contributed by atoms with Crippen LogP contribution in [0.1, 0.15) is 22.3 Å². The van der Waals surface area contributed by atoms with Gasteiger partial charge in [0.1, 0.15) is 0 Å². The normalized spacial score (nSPS) is 16.7. The lowest BCUT2D eigenvalue weighted by atomic mass is 9.70. The second kappa shape index (κ2) is 6.81. The lowest BCUT2D eigenvalue weighted by Crippen LogP contribution is -2.25. The van der Waals surface area contributed by atoms with Gasteiger partial charge in [-0.05, 0) is 72.5 Å². The smallest absolute Gasteiger partial charge is 0.0622 e. The third-order valence-corrected chi connectivity index (χ3v) is 8.09. The van der Waals surface area contributed by atoms with E-state index >= 15 is 0 Å². The number of fused-ring (bicyclic) bond motifs is 12. The summed E-state index contributed by atoms with van der Waals surface area (Å²) in [7, 11) is 0. The van der Waals surface area contributed by atoms with Crippen molar-refractivity contribution in [3.8, 4) is 33.4 Å². The first-order valence-corrected chi connectivity index (χ1v) is 12.3. The Hall–Kier alpha value is -4.42. The van der Waals surface area contributed by atoms with Crippen LogP contribution in [0.25, 0.3) is 44.2 Å². The van der Waals surface area contributed by atoms with E-state index in [-0.39, 0.29) is 5.41 Å². The Labute approximate surface area is 205 Å². The molecular formula is C35H22. The summed E-state index contributed by atoms with van der Waals surface area (Å²) >= 11 is 0. The van der Waals surface area contributed by atoms with E-state index in [4.69, 9.17) is 0 Å². The lowest BCUT2D eigenvalue weighted by molar-refractivity contribution is 0.795. The van der Waals surface area contributed by atoms with Gasteiger partial charge >= 0.3 is 0 Å². The van der Waals surface area contributed by atoms with Crippen LogP contribution in [0.4, 0.5) is 0 Å². The average Bonchev–Trinajstić information content (AvgIpc) is 3.41. The Balaban J connectivity index is 1.56. The molecule has 0 aliphatic heterocycles. The Morgan fingerprint density at radius 3 is 1.89 bits per heavy atom. The van der Waals surface area contributed by atoms with Gasteiger partial charge < -0.3 is 0 Å². The fourth-order valence-electron chi connectivity index (χ4n) is 6.72. The first kappa shape index (κ1) is 18.9. The van der Waals surface area contributed by atoms with Crippen LogP contribution >= 0.6 is 0 Å². The predicted octanol–water partition coefficient (Wildman–Crippen LogP) is 8.85. The molecule has 35 heavy (non-hydrogen) atoms. The van der Waals surface area contributed by atoms with Crippen LogP contribution < -0.4 is 0 Å². The zero-order chi connectivity index (χ0) is 23.0. The summed E-state index contributed by atoms with van der Waals surface area (Å²) in [6.45, 7) is 0. The Kier molecular flexibility index (Phi) is 3.68. The predicted molar refractivity (Wildman–Crippen MR) is 146 cm³/mol. The monoisotopic (exact) mass is 442 g/mol. The molecule has 0 bridgehead atoms. The zero-order valence-corrected chi connectivity index (χ0v) is 19.2. The molecule has 0 fully saturated rings. The van der Waals surface area contributed by atoms with Gasteiger partial charge in [-0.2, -0.15) is 0 Å². The quantitative estimate of drug-likeness (QED) is 0.238. The summed E-state index contributed by atoms with van der Waals surface area (Å²) in [5.41, 5.74) is 13.2. The second-order valence-corrected chi connectivity index (χ2v) is 9.68. The van der Waals surface area contributed by atoms with E-state index in [9.17, 15) is 0 Å². The molecule has 0 radical (unpaired) electrons. The van der Waals surface area contributed by atoms with Crippen molar-refractivity contribution >= 4 is 10.8 Å². The van der Waals surface area contributed by atoms with Crippen LogP contribution in [0, 0.1) is 0 Å². The number of rotatable bonds is 1. The van der Waals surface area contributed by atoms with E-state index in [1.165, 1.54) is 66.4 Å². The van der Waals surface area contributed by atoms with Crippen molar-refractivity contribution in [2.45, 2.75) is 5.41 Å². The molecule has 2 aliphatic rings. The van der Waals surface area contributed by atoms with Gasteiger partial charge in [0.2, 0.25) is 0 Å². The van der Waals surface area contributed by atoms with Gasteiger partial charge in [-0.25, -0.2) is 0 Å². The molecule has 2 aliphatic carbocycles. The van der Waals surface area contributed by atoms with E-state index in [0.29, 0.717) is 0 Å². The maximum atomic E-state index is 2.45. The number of hydrogen-bond acceptors (Lipinski definition) is 0. The van der Waals surface area contributed by atoms with Gasteiger partial charge in [0.15, 0.2) is 0 Å². The largest absolute Gasteiger partial charge is 0.0725 e. The van der Waals surface area contributed by atoms with Crippen molar-refractivity contribution in [1.29, 1.82) is 0 Å². The molecule has 0 amide bonds. The number of benzene rings is 6. The van der Waals surface area contributed by atoms with E-state index < -0.39 is 0 Å². The van der Waals surface area contributed by atoms with Gasteiger partial charge in [0, 0.05) is 0 Å². The van der Waals surface area contributed by atoms with Crippen molar-refractivity contribution in [1.82, 2.24) is 0 Å². The van der Waals surface area contributed by atoms with Crippen LogP contribution in [0.15, 0.2) is 133 Å². The van der Waals surface area contributed by atoms with Gasteiger partial charge in [-0.15, -0.1) is 0 Å². The highest BCUT2D eigenvalue weighted by atomic mass is 14.5. The molecule has 1 spiro atoms. The standard InChI is InChI=1S/C35H22/c1-2-10-23(11-3-1)25-18-20-28-27-14-6-8-16-30(27)35(33(28)22-25)31-17-9-7-15-29(31)34-26-13-5-4-12-24(26)19-21-32(34)35/h1-22H. The van der Waals surface area contributed by atoms with Crippen molar-refractivity contribution in [2.75, 3.05) is 0 Å². The summed E-state index contributed by atoms with van der Waals surface area (Å²) in [6, 6.07) is 49.4.